The topological polar surface area (TPSA) is 41.1 Å². The first kappa shape index (κ1) is 14.0. The molecular formula is C15H21FN2O. The Kier molecular flexibility index (Phi) is 4.91. The van der Waals surface area contributed by atoms with Gasteiger partial charge in [-0.2, -0.15) is 0 Å². The van der Waals surface area contributed by atoms with Crippen molar-refractivity contribution < 1.29 is 9.18 Å². The highest BCUT2D eigenvalue weighted by atomic mass is 19.1. The van der Waals surface area contributed by atoms with Gasteiger partial charge in [0.05, 0.1) is 0 Å². The molecule has 0 saturated carbocycles. The van der Waals surface area contributed by atoms with Crippen molar-refractivity contribution in [1.29, 1.82) is 0 Å². The van der Waals surface area contributed by atoms with Crippen molar-refractivity contribution in [3.63, 3.8) is 0 Å². The van der Waals surface area contributed by atoms with Crippen LogP contribution in [0.3, 0.4) is 0 Å². The number of aryl methyl sites for hydroxylation is 1. The normalized spacial score (nSPS) is 19.2. The molecule has 1 atom stereocenters. The highest BCUT2D eigenvalue weighted by Crippen LogP contribution is 2.11. The number of amides is 1. The van der Waals surface area contributed by atoms with Gasteiger partial charge in [0, 0.05) is 18.2 Å². The third kappa shape index (κ3) is 4.03. The van der Waals surface area contributed by atoms with Crippen LogP contribution in [-0.2, 0) is 0 Å². The Balaban J connectivity index is 1.82. The molecule has 0 radical (unpaired) electrons. The lowest BCUT2D eigenvalue weighted by atomic mass is 10.0. The van der Waals surface area contributed by atoms with Gasteiger partial charge in [-0.3, -0.25) is 4.79 Å². The van der Waals surface area contributed by atoms with E-state index in [0.717, 1.165) is 18.5 Å². The van der Waals surface area contributed by atoms with Gasteiger partial charge >= 0.3 is 0 Å². The van der Waals surface area contributed by atoms with Crippen molar-refractivity contribution in [2.45, 2.75) is 38.6 Å². The number of carbonyl (C=O) groups is 1. The summed E-state index contributed by atoms with van der Waals surface area (Å²) in [5.74, 6) is -0.558. The number of rotatable bonds is 4. The summed E-state index contributed by atoms with van der Waals surface area (Å²) in [5, 5.41) is 6.31. The van der Waals surface area contributed by atoms with Crippen LogP contribution in [0.25, 0.3) is 0 Å². The molecule has 2 rings (SSSR count). The molecule has 1 aliphatic rings. The lowest BCUT2D eigenvalue weighted by Crippen LogP contribution is -2.37. The van der Waals surface area contributed by atoms with Crippen molar-refractivity contribution in [3.05, 3.63) is 35.1 Å². The summed E-state index contributed by atoms with van der Waals surface area (Å²) in [6.45, 7) is 3.52. The standard InChI is InChI=1S/C15H21FN2O/c1-11-5-6-12(16)10-14(11)15(19)18-9-7-13-4-2-3-8-17-13/h5-6,10,13,17H,2-4,7-9H2,1H3,(H,18,19). The van der Waals surface area contributed by atoms with E-state index in [-0.39, 0.29) is 11.7 Å². The van der Waals surface area contributed by atoms with Crippen LogP contribution >= 0.6 is 0 Å². The second-order valence-electron chi connectivity index (χ2n) is 5.15. The summed E-state index contributed by atoms with van der Waals surface area (Å²) in [5.41, 5.74) is 1.23. The van der Waals surface area contributed by atoms with Crippen LogP contribution in [0.5, 0.6) is 0 Å². The van der Waals surface area contributed by atoms with Crippen molar-refractivity contribution in [2.75, 3.05) is 13.1 Å². The van der Waals surface area contributed by atoms with E-state index in [0.29, 0.717) is 18.2 Å². The zero-order valence-corrected chi connectivity index (χ0v) is 11.3. The molecule has 1 aliphatic heterocycles. The summed E-state index contributed by atoms with van der Waals surface area (Å²) >= 11 is 0. The van der Waals surface area contributed by atoms with E-state index in [2.05, 4.69) is 10.6 Å². The van der Waals surface area contributed by atoms with Gasteiger partial charge in [-0.15, -0.1) is 0 Å². The maximum absolute atomic E-state index is 13.1. The van der Waals surface area contributed by atoms with Crippen molar-refractivity contribution >= 4 is 5.91 Å². The predicted molar refractivity (Wildman–Crippen MR) is 73.7 cm³/mol. The third-order valence-corrected chi connectivity index (χ3v) is 3.63. The van der Waals surface area contributed by atoms with Gasteiger partial charge in [-0.1, -0.05) is 12.5 Å². The molecular weight excluding hydrogens is 243 g/mol. The Morgan fingerprint density at radius 2 is 2.32 bits per heavy atom. The summed E-state index contributed by atoms with van der Waals surface area (Å²) in [7, 11) is 0. The van der Waals surface area contributed by atoms with E-state index < -0.39 is 0 Å². The molecule has 1 heterocycles. The van der Waals surface area contributed by atoms with Gasteiger partial charge in [-0.25, -0.2) is 4.39 Å². The zero-order valence-electron chi connectivity index (χ0n) is 11.3. The Hall–Kier alpha value is -1.42. The SMILES string of the molecule is Cc1ccc(F)cc1C(=O)NCCC1CCCCN1. The quantitative estimate of drug-likeness (QED) is 0.876. The van der Waals surface area contributed by atoms with Gasteiger partial charge < -0.3 is 10.6 Å². The zero-order chi connectivity index (χ0) is 13.7. The fraction of sp³-hybridized carbons (Fsp3) is 0.533. The molecule has 0 aromatic heterocycles. The van der Waals surface area contributed by atoms with E-state index in [1.165, 1.54) is 31.4 Å². The Morgan fingerprint density at radius 3 is 3.05 bits per heavy atom. The monoisotopic (exact) mass is 264 g/mol. The number of carbonyl (C=O) groups excluding carboxylic acids is 1. The molecule has 4 heteroatoms. The van der Waals surface area contributed by atoms with E-state index in [1.54, 1.807) is 6.07 Å². The average molecular weight is 264 g/mol. The predicted octanol–water partition coefficient (Wildman–Crippen LogP) is 2.40. The van der Waals surface area contributed by atoms with E-state index in [9.17, 15) is 9.18 Å². The molecule has 19 heavy (non-hydrogen) atoms. The van der Waals surface area contributed by atoms with Crippen LogP contribution in [0.1, 0.15) is 41.6 Å². The lowest BCUT2D eigenvalue weighted by molar-refractivity contribution is 0.0950. The largest absolute Gasteiger partial charge is 0.352 e. The fourth-order valence-electron chi connectivity index (χ4n) is 2.46. The second-order valence-corrected chi connectivity index (χ2v) is 5.15. The van der Waals surface area contributed by atoms with Gasteiger partial charge in [0.15, 0.2) is 0 Å². The number of benzene rings is 1. The van der Waals surface area contributed by atoms with Crippen LogP contribution in [0.4, 0.5) is 4.39 Å². The highest BCUT2D eigenvalue weighted by Gasteiger charge is 2.13. The fourth-order valence-corrected chi connectivity index (χ4v) is 2.46. The second kappa shape index (κ2) is 6.66. The minimum atomic E-state index is -0.371. The van der Waals surface area contributed by atoms with Crippen LogP contribution in [0.15, 0.2) is 18.2 Å². The first-order valence-electron chi connectivity index (χ1n) is 6.94. The molecule has 0 aliphatic carbocycles. The van der Waals surface area contributed by atoms with Crippen molar-refractivity contribution in [2.24, 2.45) is 0 Å². The van der Waals surface area contributed by atoms with Gasteiger partial charge in [0.2, 0.25) is 0 Å². The average Bonchev–Trinajstić information content (AvgIpc) is 2.42. The number of halogens is 1. The van der Waals surface area contributed by atoms with Crippen LogP contribution in [-0.4, -0.2) is 25.0 Å². The Morgan fingerprint density at radius 1 is 1.47 bits per heavy atom. The van der Waals surface area contributed by atoms with Gasteiger partial charge in [0.1, 0.15) is 5.82 Å². The summed E-state index contributed by atoms with van der Waals surface area (Å²) in [6.07, 6.45) is 4.61. The van der Waals surface area contributed by atoms with Crippen LogP contribution in [0, 0.1) is 12.7 Å². The van der Waals surface area contributed by atoms with Crippen molar-refractivity contribution in [1.82, 2.24) is 10.6 Å². The Bertz CT molecular complexity index is 442. The Labute approximate surface area is 113 Å². The summed E-state index contributed by atoms with van der Waals surface area (Å²) in [6, 6.07) is 4.80. The highest BCUT2D eigenvalue weighted by molar-refractivity contribution is 5.95. The molecule has 0 spiro atoms. The first-order chi connectivity index (χ1) is 9.16. The number of hydrogen-bond donors (Lipinski definition) is 2. The van der Waals surface area contributed by atoms with Crippen LogP contribution in [0.2, 0.25) is 0 Å². The first-order valence-corrected chi connectivity index (χ1v) is 6.94. The van der Waals surface area contributed by atoms with E-state index >= 15 is 0 Å². The molecule has 104 valence electrons. The van der Waals surface area contributed by atoms with Gasteiger partial charge in [0.25, 0.3) is 5.91 Å². The summed E-state index contributed by atoms with van der Waals surface area (Å²) < 4.78 is 13.1. The minimum absolute atomic E-state index is 0.187. The molecule has 1 unspecified atom stereocenters. The maximum Gasteiger partial charge on any atom is 0.251 e. The molecule has 1 aromatic carbocycles. The maximum atomic E-state index is 13.1. The molecule has 2 N–H and O–H groups in total. The van der Waals surface area contributed by atoms with E-state index in [1.807, 2.05) is 6.92 Å². The van der Waals surface area contributed by atoms with Gasteiger partial charge in [-0.05, 0) is 50.4 Å². The lowest BCUT2D eigenvalue weighted by Gasteiger charge is -2.23. The smallest absolute Gasteiger partial charge is 0.251 e. The minimum Gasteiger partial charge on any atom is -0.352 e. The van der Waals surface area contributed by atoms with Crippen LogP contribution < -0.4 is 10.6 Å². The molecule has 0 bridgehead atoms. The summed E-state index contributed by atoms with van der Waals surface area (Å²) in [4.78, 5) is 12.0. The van der Waals surface area contributed by atoms with Crippen molar-refractivity contribution in [3.8, 4) is 0 Å². The molecule has 1 saturated heterocycles. The van der Waals surface area contributed by atoms with E-state index in [4.69, 9.17) is 0 Å². The molecule has 3 nitrogen and oxygen atoms in total. The molecule has 1 amide bonds. The number of hydrogen-bond acceptors (Lipinski definition) is 2. The molecule has 1 aromatic rings. The third-order valence-electron chi connectivity index (χ3n) is 3.63. The molecule has 1 fully saturated rings. The number of piperidine rings is 1. The number of nitrogens with one attached hydrogen (secondary N) is 2.